The van der Waals surface area contributed by atoms with Crippen LogP contribution in [-0.2, 0) is 6.18 Å². The second kappa shape index (κ2) is 5.06. The third kappa shape index (κ3) is 3.15. The molecule has 0 aliphatic carbocycles. The first kappa shape index (κ1) is 13.6. The minimum Gasteiger partial charge on any atom is -0.394 e. The SMILES string of the molecule is OCC(O)CNc1ccc2nc(C(F)(F)F)[nH]c2c1. The van der Waals surface area contributed by atoms with Gasteiger partial charge in [-0.3, -0.25) is 0 Å². The normalized spacial score (nSPS) is 13.7. The van der Waals surface area contributed by atoms with E-state index in [0.29, 0.717) is 5.69 Å². The van der Waals surface area contributed by atoms with Crippen molar-refractivity contribution in [1.82, 2.24) is 9.97 Å². The van der Waals surface area contributed by atoms with Gasteiger partial charge in [-0.1, -0.05) is 0 Å². The number of benzene rings is 1. The molecule has 0 saturated carbocycles. The summed E-state index contributed by atoms with van der Waals surface area (Å²) >= 11 is 0. The first-order valence-electron chi connectivity index (χ1n) is 5.50. The van der Waals surface area contributed by atoms with Crippen LogP contribution in [0.3, 0.4) is 0 Å². The van der Waals surface area contributed by atoms with Crippen LogP contribution in [0.2, 0.25) is 0 Å². The van der Waals surface area contributed by atoms with E-state index >= 15 is 0 Å². The van der Waals surface area contributed by atoms with Crippen LogP contribution in [0.4, 0.5) is 18.9 Å². The first-order chi connectivity index (χ1) is 8.90. The summed E-state index contributed by atoms with van der Waals surface area (Å²) in [6.45, 7) is -0.292. The molecule has 0 spiro atoms. The Labute approximate surface area is 106 Å². The van der Waals surface area contributed by atoms with Crippen LogP contribution in [-0.4, -0.2) is 39.4 Å². The Morgan fingerprint density at radius 3 is 2.74 bits per heavy atom. The van der Waals surface area contributed by atoms with Crippen LogP contribution in [0.25, 0.3) is 11.0 Å². The highest BCUT2D eigenvalue weighted by atomic mass is 19.4. The van der Waals surface area contributed by atoms with Gasteiger partial charge in [-0.2, -0.15) is 13.2 Å². The number of anilines is 1. The molecule has 5 nitrogen and oxygen atoms in total. The zero-order valence-electron chi connectivity index (χ0n) is 9.70. The Bertz CT molecular complexity index is 568. The highest BCUT2D eigenvalue weighted by Gasteiger charge is 2.34. The van der Waals surface area contributed by atoms with Gasteiger partial charge in [0.25, 0.3) is 0 Å². The summed E-state index contributed by atoms with van der Waals surface area (Å²) in [6.07, 6.45) is -5.44. The lowest BCUT2D eigenvalue weighted by atomic mass is 10.2. The number of imidazole rings is 1. The maximum Gasteiger partial charge on any atom is 0.449 e. The van der Waals surface area contributed by atoms with Crippen molar-refractivity contribution in [2.24, 2.45) is 0 Å². The van der Waals surface area contributed by atoms with Gasteiger partial charge < -0.3 is 20.5 Å². The van der Waals surface area contributed by atoms with Gasteiger partial charge in [-0.25, -0.2) is 4.98 Å². The number of fused-ring (bicyclic) bond motifs is 1. The van der Waals surface area contributed by atoms with Gasteiger partial charge in [0.05, 0.1) is 23.7 Å². The molecule has 8 heteroatoms. The standard InChI is InChI=1S/C11H12F3N3O2/c12-11(13,14)10-16-8-2-1-6(3-9(8)17-10)15-4-7(19)5-18/h1-3,7,15,18-19H,4-5H2,(H,16,17). The monoisotopic (exact) mass is 275 g/mol. The van der Waals surface area contributed by atoms with E-state index < -0.39 is 24.7 Å². The number of aliphatic hydroxyl groups excluding tert-OH is 2. The Kier molecular flexibility index (Phi) is 3.63. The molecular weight excluding hydrogens is 263 g/mol. The van der Waals surface area contributed by atoms with Crippen molar-refractivity contribution < 1.29 is 23.4 Å². The fraction of sp³-hybridized carbons (Fsp3) is 0.364. The zero-order valence-corrected chi connectivity index (χ0v) is 9.70. The van der Waals surface area contributed by atoms with Gasteiger partial charge in [0, 0.05) is 12.2 Å². The third-order valence-electron chi connectivity index (χ3n) is 2.50. The van der Waals surface area contributed by atoms with E-state index in [9.17, 15) is 13.2 Å². The summed E-state index contributed by atoms with van der Waals surface area (Å²) < 4.78 is 37.4. The topological polar surface area (TPSA) is 81.2 Å². The van der Waals surface area contributed by atoms with E-state index in [1.807, 2.05) is 0 Å². The number of alkyl halides is 3. The van der Waals surface area contributed by atoms with E-state index in [1.54, 1.807) is 6.07 Å². The number of aromatic amines is 1. The molecule has 2 rings (SSSR count). The third-order valence-corrected chi connectivity index (χ3v) is 2.50. The van der Waals surface area contributed by atoms with E-state index in [0.717, 1.165) is 0 Å². The van der Waals surface area contributed by atoms with Crippen molar-refractivity contribution in [2.45, 2.75) is 12.3 Å². The number of rotatable bonds is 4. The Balaban J connectivity index is 2.21. The fourth-order valence-electron chi connectivity index (χ4n) is 1.55. The smallest absolute Gasteiger partial charge is 0.394 e. The van der Waals surface area contributed by atoms with E-state index in [-0.39, 0.29) is 17.6 Å². The molecule has 1 heterocycles. The second-order valence-electron chi connectivity index (χ2n) is 4.03. The van der Waals surface area contributed by atoms with Gasteiger partial charge in [-0.15, -0.1) is 0 Å². The summed E-state index contributed by atoms with van der Waals surface area (Å²) in [7, 11) is 0. The number of H-pyrrole nitrogens is 1. The van der Waals surface area contributed by atoms with Crippen LogP contribution in [0.1, 0.15) is 5.82 Å². The summed E-state index contributed by atoms with van der Waals surface area (Å²) in [5, 5.41) is 20.6. The molecule has 1 unspecified atom stereocenters. The van der Waals surface area contributed by atoms with Crippen molar-refractivity contribution in [1.29, 1.82) is 0 Å². The molecule has 0 aliphatic heterocycles. The molecule has 0 saturated heterocycles. The average molecular weight is 275 g/mol. The predicted octanol–water partition coefficient (Wildman–Crippen LogP) is 1.35. The Morgan fingerprint density at radius 2 is 2.11 bits per heavy atom. The molecule has 1 atom stereocenters. The highest BCUT2D eigenvalue weighted by molar-refractivity contribution is 5.79. The fourth-order valence-corrected chi connectivity index (χ4v) is 1.55. The number of nitrogens with one attached hydrogen (secondary N) is 2. The van der Waals surface area contributed by atoms with Gasteiger partial charge in [0.2, 0.25) is 5.82 Å². The molecule has 0 radical (unpaired) electrons. The number of halogens is 3. The number of hydrogen-bond donors (Lipinski definition) is 4. The number of aromatic nitrogens is 2. The van der Waals surface area contributed by atoms with Gasteiger partial charge in [-0.05, 0) is 18.2 Å². The maximum atomic E-state index is 12.5. The second-order valence-corrected chi connectivity index (χ2v) is 4.03. The quantitative estimate of drug-likeness (QED) is 0.679. The first-order valence-corrected chi connectivity index (χ1v) is 5.50. The summed E-state index contributed by atoms with van der Waals surface area (Å²) in [5.41, 5.74) is 0.980. The minimum atomic E-state index is -4.51. The van der Waals surface area contributed by atoms with Gasteiger partial charge in [0.15, 0.2) is 0 Å². The van der Waals surface area contributed by atoms with Crippen molar-refractivity contribution in [3.8, 4) is 0 Å². The maximum absolute atomic E-state index is 12.5. The largest absolute Gasteiger partial charge is 0.449 e. The molecule has 19 heavy (non-hydrogen) atoms. The van der Waals surface area contributed by atoms with E-state index in [4.69, 9.17) is 10.2 Å². The summed E-state index contributed by atoms with van der Waals surface area (Å²) in [4.78, 5) is 5.63. The predicted molar refractivity (Wildman–Crippen MR) is 62.7 cm³/mol. The van der Waals surface area contributed by atoms with Crippen LogP contribution in [0, 0.1) is 0 Å². The lowest BCUT2D eigenvalue weighted by molar-refractivity contribution is -0.144. The molecule has 0 amide bonds. The molecule has 2 aromatic rings. The number of hydrogen-bond acceptors (Lipinski definition) is 4. The van der Waals surface area contributed by atoms with Crippen LogP contribution in [0.15, 0.2) is 18.2 Å². The van der Waals surface area contributed by atoms with E-state index in [1.165, 1.54) is 12.1 Å². The minimum absolute atomic E-state index is 0.0995. The molecule has 0 fully saturated rings. The Hall–Kier alpha value is -1.80. The molecular formula is C11H12F3N3O2. The zero-order chi connectivity index (χ0) is 14.0. The number of nitrogens with zero attached hydrogens (tertiary/aromatic N) is 1. The lowest BCUT2D eigenvalue weighted by Crippen LogP contribution is -2.22. The molecule has 4 N–H and O–H groups in total. The van der Waals surface area contributed by atoms with Crippen LogP contribution >= 0.6 is 0 Å². The van der Waals surface area contributed by atoms with E-state index in [2.05, 4.69) is 15.3 Å². The lowest BCUT2D eigenvalue weighted by Gasteiger charge is -2.09. The molecule has 1 aromatic heterocycles. The van der Waals surface area contributed by atoms with Crippen LogP contribution in [0.5, 0.6) is 0 Å². The summed E-state index contributed by atoms with van der Waals surface area (Å²) in [5.74, 6) is -1.05. The molecule has 104 valence electrons. The van der Waals surface area contributed by atoms with Crippen molar-refractivity contribution in [3.63, 3.8) is 0 Å². The van der Waals surface area contributed by atoms with Crippen molar-refractivity contribution in [3.05, 3.63) is 24.0 Å². The molecule has 0 aliphatic rings. The van der Waals surface area contributed by atoms with Crippen molar-refractivity contribution in [2.75, 3.05) is 18.5 Å². The highest BCUT2D eigenvalue weighted by Crippen LogP contribution is 2.29. The molecule has 1 aromatic carbocycles. The van der Waals surface area contributed by atoms with Crippen molar-refractivity contribution >= 4 is 16.7 Å². The number of aliphatic hydroxyl groups is 2. The van der Waals surface area contributed by atoms with Gasteiger partial charge >= 0.3 is 6.18 Å². The summed E-state index contributed by atoms with van der Waals surface area (Å²) in [6, 6.07) is 4.45. The van der Waals surface area contributed by atoms with Gasteiger partial charge in [0.1, 0.15) is 0 Å². The van der Waals surface area contributed by atoms with Crippen LogP contribution < -0.4 is 5.32 Å². The average Bonchev–Trinajstić information content (AvgIpc) is 2.78. The molecule has 0 bridgehead atoms. The Morgan fingerprint density at radius 1 is 1.37 bits per heavy atom.